The third-order valence-corrected chi connectivity index (χ3v) is 1.51. The van der Waals surface area contributed by atoms with Crippen LogP contribution in [0, 0.1) is 0 Å². The standard InChI is InChI=1S/C7H9ClN2O/c8-7(5-10-11)3-6-1-2-9-4-6/h1-3,5,9-11H,4H2/p+1/b6-3-,7-5+. The van der Waals surface area contributed by atoms with Crippen molar-refractivity contribution in [2.24, 2.45) is 0 Å². The molecule has 0 fully saturated rings. The maximum Gasteiger partial charge on any atom is 0.144 e. The van der Waals surface area contributed by atoms with Crippen molar-refractivity contribution in [1.29, 1.82) is 0 Å². The first-order valence-corrected chi connectivity index (χ1v) is 3.64. The van der Waals surface area contributed by atoms with Crippen molar-refractivity contribution in [3.8, 4) is 0 Å². The Bertz CT molecular complexity index is 220. The van der Waals surface area contributed by atoms with Gasteiger partial charge >= 0.3 is 0 Å². The molecule has 0 spiro atoms. The summed E-state index contributed by atoms with van der Waals surface area (Å²) in [4.78, 5) is 0. The number of quaternary nitrogens is 1. The van der Waals surface area contributed by atoms with Crippen molar-refractivity contribution in [3.05, 3.63) is 35.2 Å². The summed E-state index contributed by atoms with van der Waals surface area (Å²) in [6.45, 7) is 0.801. The van der Waals surface area contributed by atoms with Gasteiger partial charge in [0.15, 0.2) is 0 Å². The maximum absolute atomic E-state index is 8.36. The highest BCUT2D eigenvalue weighted by Crippen LogP contribution is 2.08. The molecule has 0 unspecified atom stereocenters. The molecule has 0 amide bonds. The van der Waals surface area contributed by atoms with E-state index in [2.05, 4.69) is 5.32 Å². The molecule has 60 valence electrons. The zero-order chi connectivity index (χ0) is 8.10. The van der Waals surface area contributed by atoms with Gasteiger partial charge in [-0.1, -0.05) is 11.6 Å². The summed E-state index contributed by atoms with van der Waals surface area (Å²) in [5.74, 6) is 0. The number of halogens is 1. The Hall–Kier alpha value is -0.770. The molecule has 0 saturated carbocycles. The van der Waals surface area contributed by atoms with Crippen molar-refractivity contribution in [2.45, 2.75) is 0 Å². The molecule has 3 nitrogen and oxygen atoms in total. The molecule has 0 aromatic heterocycles. The van der Waals surface area contributed by atoms with E-state index in [1.165, 1.54) is 6.20 Å². The number of rotatable bonds is 2. The summed E-state index contributed by atoms with van der Waals surface area (Å²) in [6, 6.07) is 0. The monoisotopic (exact) mass is 173 g/mol. The Morgan fingerprint density at radius 1 is 1.82 bits per heavy atom. The number of nitrogens with one attached hydrogen (secondary N) is 1. The fourth-order valence-electron chi connectivity index (χ4n) is 0.797. The van der Waals surface area contributed by atoms with Gasteiger partial charge in [0.2, 0.25) is 0 Å². The molecule has 1 rings (SSSR count). The third kappa shape index (κ3) is 2.76. The van der Waals surface area contributed by atoms with Gasteiger partial charge in [0.25, 0.3) is 0 Å². The molecule has 0 aromatic carbocycles. The number of allylic oxidation sites excluding steroid dienone is 2. The van der Waals surface area contributed by atoms with Crippen LogP contribution < -0.4 is 10.8 Å². The smallest absolute Gasteiger partial charge is 0.144 e. The molecule has 0 bridgehead atoms. The van der Waals surface area contributed by atoms with E-state index in [-0.39, 0.29) is 0 Å². The van der Waals surface area contributed by atoms with Crippen LogP contribution in [0.25, 0.3) is 0 Å². The second-order valence-electron chi connectivity index (χ2n) is 2.13. The highest BCUT2D eigenvalue weighted by molar-refractivity contribution is 6.31. The quantitative estimate of drug-likeness (QED) is 0.518. The average molecular weight is 174 g/mol. The van der Waals surface area contributed by atoms with Crippen LogP contribution >= 0.6 is 11.6 Å². The highest BCUT2D eigenvalue weighted by Gasteiger charge is 1.98. The number of hydrogen-bond acceptors (Lipinski definition) is 2. The van der Waals surface area contributed by atoms with Crippen molar-refractivity contribution < 1.29 is 10.7 Å². The van der Waals surface area contributed by atoms with Crippen molar-refractivity contribution in [3.63, 3.8) is 0 Å². The third-order valence-electron chi connectivity index (χ3n) is 1.28. The Labute approximate surface area is 70.0 Å². The van der Waals surface area contributed by atoms with Gasteiger partial charge in [0.05, 0.1) is 5.03 Å². The Balaban J connectivity index is 2.57. The normalized spacial score (nSPS) is 20.9. The summed E-state index contributed by atoms with van der Waals surface area (Å²) in [5, 5.41) is 11.9. The molecule has 0 aliphatic carbocycles. The van der Waals surface area contributed by atoms with E-state index in [4.69, 9.17) is 16.8 Å². The SMILES string of the molecule is O[NH2+]/C=C(Cl)\C=C1\C=CNC1. The number of hydrogen-bond donors (Lipinski definition) is 3. The summed E-state index contributed by atoms with van der Waals surface area (Å²) in [7, 11) is 0. The molecule has 0 atom stereocenters. The highest BCUT2D eigenvalue weighted by atomic mass is 35.5. The summed E-state index contributed by atoms with van der Waals surface area (Å²) in [5.41, 5.74) is 2.03. The first kappa shape index (κ1) is 8.33. The molecule has 1 aliphatic heterocycles. The minimum atomic E-state index is 0.524. The molecule has 4 N–H and O–H groups in total. The fraction of sp³-hybridized carbons (Fsp3) is 0.143. The van der Waals surface area contributed by atoms with E-state index in [1.54, 1.807) is 6.08 Å². The lowest BCUT2D eigenvalue weighted by Gasteiger charge is -1.91. The average Bonchev–Trinajstić information content (AvgIpc) is 2.40. The second-order valence-corrected chi connectivity index (χ2v) is 2.57. The van der Waals surface area contributed by atoms with Gasteiger partial charge in [-0.15, -0.1) is 0 Å². The van der Waals surface area contributed by atoms with E-state index in [1.807, 2.05) is 12.3 Å². The van der Waals surface area contributed by atoms with Crippen LogP contribution in [0.5, 0.6) is 0 Å². The predicted octanol–water partition coefficient (Wildman–Crippen LogP) is 0.0625. The Morgan fingerprint density at radius 2 is 2.64 bits per heavy atom. The van der Waals surface area contributed by atoms with Crippen LogP contribution in [0.4, 0.5) is 0 Å². The molecule has 1 heterocycles. The first-order valence-electron chi connectivity index (χ1n) is 3.26. The molecule has 4 heteroatoms. The van der Waals surface area contributed by atoms with Gasteiger partial charge in [0, 0.05) is 6.54 Å². The van der Waals surface area contributed by atoms with Gasteiger partial charge in [-0.2, -0.15) is 5.48 Å². The lowest BCUT2D eigenvalue weighted by molar-refractivity contribution is -0.838. The zero-order valence-electron chi connectivity index (χ0n) is 5.92. The van der Waals surface area contributed by atoms with Gasteiger partial charge in [-0.25, -0.2) is 5.21 Å². The molecule has 0 radical (unpaired) electrons. The predicted molar refractivity (Wildman–Crippen MR) is 42.9 cm³/mol. The molecular formula is C7H10ClN2O+. The first-order chi connectivity index (χ1) is 5.33. The van der Waals surface area contributed by atoms with Gasteiger partial charge in [-0.3, -0.25) is 0 Å². The molecule has 1 aliphatic rings. The minimum Gasteiger partial charge on any atom is -0.387 e. The van der Waals surface area contributed by atoms with E-state index < -0.39 is 0 Å². The molecule has 11 heavy (non-hydrogen) atoms. The van der Waals surface area contributed by atoms with E-state index >= 15 is 0 Å². The zero-order valence-corrected chi connectivity index (χ0v) is 6.67. The molecule has 0 saturated heterocycles. The fourth-order valence-corrected chi connectivity index (χ4v) is 0.994. The summed E-state index contributed by atoms with van der Waals surface area (Å²) < 4.78 is 0. The topological polar surface area (TPSA) is 48.9 Å². The van der Waals surface area contributed by atoms with Crippen LogP contribution in [0.2, 0.25) is 0 Å². The van der Waals surface area contributed by atoms with Gasteiger partial charge < -0.3 is 5.32 Å². The summed E-state index contributed by atoms with van der Waals surface area (Å²) >= 11 is 5.69. The molecule has 0 aromatic rings. The van der Waals surface area contributed by atoms with Crippen LogP contribution in [0.15, 0.2) is 35.2 Å². The Kier molecular flexibility index (Phi) is 3.16. The van der Waals surface area contributed by atoms with E-state index in [9.17, 15) is 0 Å². The minimum absolute atomic E-state index is 0.524. The number of nitrogens with two attached hydrogens (primary N) is 1. The maximum atomic E-state index is 8.36. The van der Waals surface area contributed by atoms with Crippen molar-refractivity contribution >= 4 is 11.6 Å². The largest absolute Gasteiger partial charge is 0.387 e. The van der Waals surface area contributed by atoms with Gasteiger partial charge in [-0.05, 0) is 23.9 Å². The van der Waals surface area contributed by atoms with Crippen molar-refractivity contribution in [1.82, 2.24) is 5.32 Å². The van der Waals surface area contributed by atoms with Crippen LogP contribution in [0.1, 0.15) is 0 Å². The van der Waals surface area contributed by atoms with Crippen LogP contribution in [-0.2, 0) is 0 Å². The lowest BCUT2D eigenvalue weighted by atomic mass is 10.3. The van der Waals surface area contributed by atoms with Gasteiger partial charge in [0.1, 0.15) is 6.20 Å². The lowest BCUT2D eigenvalue weighted by Crippen LogP contribution is -2.73. The van der Waals surface area contributed by atoms with E-state index in [0.29, 0.717) is 5.03 Å². The Morgan fingerprint density at radius 3 is 3.18 bits per heavy atom. The summed E-state index contributed by atoms with van der Waals surface area (Å²) in [6.07, 6.45) is 7.03. The number of hydroxylamine groups is 1. The van der Waals surface area contributed by atoms with Crippen LogP contribution in [0.3, 0.4) is 0 Å². The van der Waals surface area contributed by atoms with E-state index in [0.717, 1.165) is 17.6 Å². The van der Waals surface area contributed by atoms with Crippen LogP contribution in [-0.4, -0.2) is 11.8 Å². The van der Waals surface area contributed by atoms with Crippen molar-refractivity contribution in [2.75, 3.05) is 6.54 Å². The molecular weight excluding hydrogens is 164 g/mol. The second kappa shape index (κ2) is 4.18.